The van der Waals surface area contributed by atoms with Gasteiger partial charge in [0.2, 0.25) is 0 Å². The van der Waals surface area contributed by atoms with Crippen molar-refractivity contribution < 1.29 is 5.11 Å². The van der Waals surface area contributed by atoms with Gasteiger partial charge in [-0.3, -0.25) is 0 Å². The average Bonchev–Trinajstić information content (AvgIpc) is 2.39. The smallest absolute Gasteiger partial charge is 0.115 e. The Balaban J connectivity index is 2.20. The lowest BCUT2D eigenvalue weighted by Crippen LogP contribution is -2.19. The number of halogens is 1. The summed E-state index contributed by atoms with van der Waals surface area (Å²) in [6, 6.07) is 15.8. The summed E-state index contributed by atoms with van der Waals surface area (Å²) in [5.41, 5.74) is 2.44. The van der Waals surface area contributed by atoms with Gasteiger partial charge in [-0.05, 0) is 42.8 Å². The molecule has 2 aromatic rings. The van der Waals surface area contributed by atoms with Crippen LogP contribution in [0.2, 0.25) is 0 Å². The first-order valence-corrected chi connectivity index (χ1v) is 6.69. The molecule has 3 heteroatoms. The summed E-state index contributed by atoms with van der Waals surface area (Å²) in [6.45, 7) is 0. The third-order valence-corrected chi connectivity index (χ3v) is 3.73. The SMILES string of the molecule is CNC(Cc1ccc(O)cc1)c1ccccc1Br. The molecule has 0 saturated heterocycles. The van der Waals surface area contributed by atoms with Gasteiger partial charge in [0.25, 0.3) is 0 Å². The van der Waals surface area contributed by atoms with E-state index < -0.39 is 0 Å². The van der Waals surface area contributed by atoms with Crippen LogP contribution in [-0.2, 0) is 6.42 Å². The molecule has 0 aliphatic rings. The van der Waals surface area contributed by atoms with Crippen LogP contribution in [0.3, 0.4) is 0 Å². The van der Waals surface area contributed by atoms with Crippen molar-refractivity contribution in [2.75, 3.05) is 7.05 Å². The van der Waals surface area contributed by atoms with Gasteiger partial charge in [-0.25, -0.2) is 0 Å². The van der Waals surface area contributed by atoms with Crippen molar-refractivity contribution in [2.24, 2.45) is 0 Å². The van der Waals surface area contributed by atoms with Gasteiger partial charge in [0, 0.05) is 10.5 Å². The zero-order chi connectivity index (χ0) is 13.0. The molecule has 0 radical (unpaired) electrons. The van der Waals surface area contributed by atoms with E-state index in [1.165, 1.54) is 11.1 Å². The standard InChI is InChI=1S/C15H16BrNO/c1-17-15(13-4-2-3-5-14(13)16)10-11-6-8-12(18)9-7-11/h2-9,15,17-18H,10H2,1H3. The Hall–Kier alpha value is -1.32. The number of rotatable bonds is 4. The first kappa shape index (κ1) is 13.1. The summed E-state index contributed by atoms with van der Waals surface area (Å²) in [6.07, 6.45) is 0.888. The molecule has 0 fully saturated rings. The molecule has 0 amide bonds. The third kappa shape index (κ3) is 3.12. The second kappa shape index (κ2) is 6.03. The van der Waals surface area contributed by atoms with Gasteiger partial charge in [0.15, 0.2) is 0 Å². The quantitative estimate of drug-likeness (QED) is 0.903. The fourth-order valence-corrected chi connectivity index (χ4v) is 2.55. The molecule has 0 bridgehead atoms. The van der Waals surface area contributed by atoms with Gasteiger partial charge in [-0.1, -0.05) is 46.3 Å². The van der Waals surface area contributed by atoms with Crippen LogP contribution >= 0.6 is 15.9 Å². The van der Waals surface area contributed by atoms with Crippen LogP contribution in [0.1, 0.15) is 17.2 Å². The number of hydrogen-bond donors (Lipinski definition) is 2. The second-order valence-electron chi connectivity index (χ2n) is 4.23. The summed E-state index contributed by atoms with van der Waals surface area (Å²) >= 11 is 3.58. The lowest BCUT2D eigenvalue weighted by molar-refractivity contribution is 0.475. The number of benzene rings is 2. The lowest BCUT2D eigenvalue weighted by Gasteiger charge is -2.18. The van der Waals surface area contributed by atoms with Crippen LogP contribution in [0.4, 0.5) is 0 Å². The molecule has 2 nitrogen and oxygen atoms in total. The van der Waals surface area contributed by atoms with E-state index >= 15 is 0 Å². The van der Waals surface area contributed by atoms with Crippen LogP contribution in [-0.4, -0.2) is 12.2 Å². The summed E-state index contributed by atoms with van der Waals surface area (Å²) in [7, 11) is 1.96. The monoisotopic (exact) mass is 305 g/mol. The first-order valence-electron chi connectivity index (χ1n) is 5.90. The molecule has 2 rings (SSSR count). The highest BCUT2D eigenvalue weighted by Crippen LogP contribution is 2.26. The molecule has 0 spiro atoms. The molecular weight excluding hydrogens is 290 g/mol. The normalized spacial score (nSPS) is 12.3. The molecular formula is C15H16BrNO. The molecule has 2 aromatic carbocycles. The maximum atomic E-state index is 9.29. The van der Waals surface area contributed by atoms with Crippen LogP contribution < -0.4 is 5.32 Å². The fourth-order valence-electron chi connectivity index (χ4n) is 1.99. The zero-order valence-electron chi connectivity index (χ0n) is 10.2. The summed E-state index contributed by atoms with van der Waals surface area (Å²) < 4.78 is 1.11. The molecule has 18 heavy (non-hydrogen) atoms. The predicted octanol–water partition coefficient (Wildman–Crippen LogP) is 3.66. The largest absolute Gasteiger partial charge is 0.508 e. The van der Waals surface area contributed by atoms with Gasteiger partial charge in [0.05, 0.1) is 0 Å². The van der Waals surface area contributed by atoms with E-state index in [-0.39, 0.29) is 6.04 Å². The van der Waals surface area contributed by atoms with Gasteiger partial charge >= 0.3 is 0 Å². The number of hydrogen-bond acceptors (Lipinski definition) is 2. The topological polar surface area (TPSA) is 32.3 Å². The fraction of sp³-hybridized carbons (Fsp3) is 0.200. The highest BCUT2D eigenvalue weighted by Gasteiger charge is 2.12. The van der Waals surface area contributed by atoms with Crippen LogP contribution in [0.5, 0.6) is 5.75 Å². The molecule has 0 heterocycles. The highest BCUT2D eigenvalue weighted by molar-refractivity contribution is 9.10. The molecule has 0 aromatic heterocycles. The van der Waals surface area contributed by atoms with Crippen molar-refractivity contribution in [3.63, 3.8) is 0 Å². The maximum absolute atomic E-state index is 9.29. The van der Waals surface area contributed by atoms with Crippen LogP contribution in [0.15, 0.2) is 53.0 Å². The van der Waals surface area contributed by atoms with E-state index in [1.54, 1.807) is 12.1 Å². The Labute approximate surface area is 116 Å². The van der Waals surface area contributed by atoms with E-state index in [4.69, 9.17) is 0 Å². The number of aromatic hydroxyl groups is 1. The molecule has 1 atom stereocenters. The predicted molar refractivity (Wildman–Crippen MR) is 77.8 cm³/mol. The molecule has 0 aliphatic carbocycles. The van der Waals surface area contributed by atoms with Crippen molar-refractivity contribution in [1.82, 2.24) is 5.32 Å². The Morgan fingerprint density at radius 2 is 1.78 bits per heavy atom. The zero-order valence-corrected chi connectivity index (χ0v) is 11.8. The Kier molecular flexibility index (Phi) is 4.39. The van der Waals surface area contributed by atoms with Gasteiger partial charge in [-0.15, -0.1) is 0 Å². The Bertz CT molecular complexity index is 510. The summed E-state index contributed by atoms with van der Waals surface area (Å²) in [5, 5.41) is 12.6. The van der Waals surface area contributed by atoms with E-state index in [0.29, 0.717) is 5.75 Å². The van der Waals surface area contributed by atoms with Gasteiger partial charge in [-0.2, -0.15) is 0 Å². The third-order valence-electron chi connectivity index (χ3n) is 3.01. The van der Waals surface area contributed by atoms with Crippen molar-refractivity contribution in [3.8, 4) is 5.75 Å². The van der Waals surface area contributed by atoms with Crippen molar-refractivity contribution in [3.05, 3.63) is 64.1 Å². The average molecular weight is 306 g/mol. The number of phenols is 1. The highest BCUT2D eigenvalue weighted by atomic mass is 79.9. The molecule has 0 aliphatic heterocycles. The van der Waals surface area contributed by atoms with Gasteiger partial charge in [0.1, 0.15) is 5.75 Å². The molecule has 0 saturated carbocycles. The first-order chi connectivity index (χ1) is 8.70. The summed E-state index contributed by atoms with van der Waals surface area (Å²) in [5.74, 6) is 0.306. The van der Waals surface area contributed by atoms with Crippen LogP contribution in [0.25, 0.3) is 0 Å². The molecule has 2 N–H and O–H groups in total. The van der Waals surface area contributed by atoms with Crippen molar-refractivity contribution >= 4 is 15.9 Å². The van der Waals surface area contributed by atoms with Crippen molar-refractivity contribution in [2.45, 2.75) is 12.5 Å². The second-order valence-corrected chi connectivity index (χ2v) is 5.09. The van der Waals surface area contributed by atoms with Crippen LogP contribution in [0, 0.1) is 0 Å². The minimum Gasteiger partial charge on any atom is -0.508 e. The molecule has 94 valence electrons. The van der Waals surface area contributed by atoms with Crippen molar-refractivity contribution in [1.29, 1.82) is 0 Å². The molecule has 1 unspecified atom stereocenters. The lowest BCUT2D eigenvalue weighted by atomic mass is 9.99. The Morgan fingerprint density at radius 3 is 2.39 bits per heavy atom. The number of likely N-dealkylation sites (N-methyl/N-ethyl adjacent to an activating group) is 1. The van der Waals surface area contributed by atoms with E-state index in [0.717, 1.165) is 10.9 Å². The number of nitrogens with one attached hydrogen (secondary N) is 1. The minimum absolute atomic E-state index is 0.255. The number of phenolic OH excluding ortho intramolecular Hbond substituents is 1. The van der Waals surface area contributed by atoms with E-state index in [9.17, 15) is 5.11 Å². The van der Waals surface area contributed by atoms with E-state index in [1.807, 2.05) is 31.3 Å². The summed E-state index contributed by atoms with van der Waals surface area (Å²) in [4.78, 5) is 0. The minimum atomic E-state index is 0.255. The maximum Gasteiger partial charge on any atom is 0.115 e. The van der Waals surface area contributed by atoms with E-state index in [2.05, 4.69) is 33.4 Å². The Morgan fingerprint density at radius 1 is 1.11 bits per heavy atom. The van der Waals surface area contributed by atoms with Gasteiger partial charge < -0.3 is 10.4 Å².